The van der Waals surface area contributed by atoms with Gasteiger partial charge in [-0.2, -0.15) is 0 Å². The summed E-state index contributed by atoms with van der Waals surface area (Å²) in [6, 6.07) is 7.08. The van der Waals surface area contributed by atoms with Gasteiger partial charge in [0.15, 0.2) is 5.69 Å². The van der Waals surface area contributed by atoms with Gasteiger partial charge in [0, 0.05) is 6.07 Å². The molecule has 0 aliphatic rings. The van der Waals surface area contributed by atoms with Gasteiger partial charge in [-0.25, -0.2) is 0 Å². The summed E-state index contributed by atoms with van der Waals surface area (Å²) in [5, 5.41) is 46.0. The lowest BCUT2D eigenvalue weighted by Crippen LogP contribution is -1.87. The summed E-state index contributed by atoms with van der Waals surface area (Å²) in [5.74, 6) is -0.713. The highest BCUT2D eigenvalue weighted by molar-refractivity contribution is 5.60. The van der Waals surface area contributed by atoms with Crippen molar-refractivity contribution in [3.63, 3.8) is 0 Å². The quantitative estimate of drug-likeness (QED) is 0.450. The lowest BCUT2D eigenvalue weighted by Gasteiger charge is -1.99. The summed E-state index contributed by atoms with van der Waals surface area (Å²) in [6.45, 7) is 0. The highest BCUT2D eigenvalue weighted by Gasteiger charge is 2.14. The van der Waals surface area contributed by atoms with E-state index in [1.54, 1.807) is 0 Å². The third kappa shape index (κ3) is 2.80. The fourth-order valence-corrected chi connectivity index (χ4v) is 1.45. The van der Waals surface area contributed by atoms with Crippen LogP contribution in [-0.2, 0) is 0 Å². The Bertz CT molecular complexity index is 699. The van der Waals surface area contributed by atoms with Crippen molar-refractivity contribution < 1.29 is 20.2 Å². The molecule has 0 aromatic heterocycles. The number of nitro benzene ring substituents is 1. The molecule has 20 heavy (non-hydrogen) atoms. The van der Waals surface area contributed by atoms with E-state index in [1.165, 1.54) is 24.3 Å². The van der Waals surface area contributed by atoms with E-state index in [1.807, 2.05) is 0 Å². The second-order valence-corrected chi connectivity index (χ2v) is 3.80. The molecule has 102 valence electrons. The monoisotopic (exact) mass is 275 g/mol. The highest BCUT2D eigenvalue weighted by atomic mass is 16.6. The maximum atomic E-state index is 10.8. The van der Waals surface area contributed by atoms with Crippen molar-refractivity contribution in [2.45, 2.75) is 0 Å². The van der Waals surface area contributed by atoms with Gasteiger partial charge in [0.2, 0.25) is 0 Å². The molecule has 0 amide bonds. The molecular weight excluding hydrogens is 266 g/mol. The number of benzene rings is 2. The maximum Gasteiger partial charge on any atom is 0.300 e. The van der Waals surface area contributed by atoms with Crippen molar-refractivity contribution in [3.05, 3.63) is 46.5 Å². The van der Waals surface area contributed by atoms with E-state index in [0.717, 1.165) is 12.1 Å². The molecule has 0 fully saturated rings. The van der Waals surface area contributed by atoms with Gasteiger partial charge in [0.1, 0.15) is 22.9 Å². The van der Waals surface area contributed by atoms with Gasteiger partial charge >= 0.3 is 0 Å². The van der Waals surface area contributed by atoms with Crippen molar-refractivity contribution in [2.75, 3.05) is 0 Å². The van der Waals surface area contributed by atoms with Gasteiger partial charge < -0.3 is 15.3 Å². The van der Waals surface area contributed by atoms with Crippen LogP contribution < -0.4 is 0 Å². The zero-order valence-electron chi connectivity index (χ0n) is 9.96. The highest BCUT2D eigenvalue weighted by Crippen LogP contribution is 2.34. The smallest absolute Gasteiger partial charge is 0.300 e. The summed E-state index contributed by atoms with van der Waals surface area (Å²) >= 11 is 0. The van der Waals surface area contributed by atoms with E-state index < -0.39 is 10.6 Å². The van der Waals surface area contributed by atoms with Gasteiger partial charge in [-0.15, -0.1) is 10.2 Å². The van der Waals surface area contributed by atoms with Gasteiger partial charge in [0.25, 0.3) is 5.69 Å². The number of aromatic hydroxyl groups is 3. The van der Waals surface area contributed by atoms with Crippen molar-refractivity contribution in [1.82, 2.24) is 0 Å². The first-order valence-electron chi connectivity index (χ1n) is 5.38. The average molecular weight is 275 g/mol. The van der Waals surface area contributed by atoms with Crippen LogP contribution in [0.4, 0.5) is 17.1 Å². The Balaban J connectivity index is 2.38. The fraction of sp³-hybridized carbons (Fsp3) is 0. The van der Waals surface area contributed by atoms with Crippen LogP contribution in [0.15, 0.2) is 46.6 Å². The first-order valence-corrected chi connectivity index (χ1v) is 5.38. The molecule has 0 saturated carbocycles. The summed E-state index contributed by atoms with van der Waals surface area (Å²) in [4.78, 5) is 10.1. The summed E-state index contributed by atoms with van der Waals surface area (Å²) in [7, 11) is 0. The molecule has 0 radical (unpaired) electrons. The molecule has 0 unspecified atom stereocenters. The van der Waals surface area contributed by atoms with Crippen LogP contribution in [0, 0.1) is 10.1 Å². The molecule has 0 aliphatic heterocycles. The Hall–Kier alpha value is -3.16. The third-order valence-corrected chi connectivity index (χ3v) is 2.38. The van der Waals surface area contributed by atoms with Crippen molar-refractivity contribution in [3.8, 4) is 17.2 Å². The van der Waals surface area contributed by atoms with Crippen molar-refractivity contribution in [2.24, 2.45) is 10.2 Å². The molecule has 0 spiro atoms. The minimum Gasteiger partial charge on any atom is -0.508 e. The number of nitrogens with zero attached hydrogens (tertiary/aromatic N) is 3. The van der Waals surface area contributed by atoms with Crippen molar-refractivity contribution in [1.29, 1.82) is 0 Å². The van der Waals surface area contributed by atoms with E-state index in [2.05, 4.69) is 10.2 Å². The van der Waals surface area contributed by atoms with Gasteiger partial charge in [0.05, 0.1) is 11.0 Å². The van der Waals surface area contributed by atoms with E-state index in [-0.39, 0.29) is 28.6 Å². The largest absolute Gasteiger partial charge is 0.508 e. The molecule has 0 heterocycles. The number of phenols is 3. The van der Waals surface area contributed by atoms with E-state index in [4.69, 9.17) is 5.11 Å². The zero-order chi connectivity index (χ0) is 14.7. The SMILES string of the molecule is O=[N+]([O-])c1cc(O)ccc1N=Nc1ccc(O)cc1O. The second kappa shape index (κ2) is 5.22. The Morgan fingerprint density at radius 2 is 1.45 bits per heavy atom. The summed E-state index contributed by atoms with van der Waals surface area (Å²) in [6.07, 6.45) is 0. The van der Waals surface area contributed by atoms with Crippen LogP contribution in [0.2, 0.25) is 0 Å². The van der Waals surface area contributed by atoms with E-state index in [9.17, 15) is 20.3 Å². The molecular formula is C12H9N3O5. The lowest BCUT2D eigenvalue weighted by atomic mass is 10.2. The molecule has 0 aliphatic carbocycles. The van der Waals surface area contributed by atoms with Crippen LogP contribution in [0.25, 0.3) is 0 Å². The minimum atomic E-state index is -0.704. The van der Waals surface area contributed by atoms with E-state index in [0.29, 0.717) is 0 Å². The molecule has 8 nitrogen and oxygen atoms in total. The molecule has 3 N–H and O–H groups in total. The number of hydrogen-bond acceptors (Lipinski definition) is 7. The Kier molecular flexibility index (Phi) is 3.47. The number of nitro groups is 1. The van der Waals surface area contributed by atoms with Gasteiger partial charge in [-0.3, -0.25) is 10.1 Å². The van der Waals surface area contributed by atoms with Crippen LogP contribution in [0.5, 0.6) is 17.2 Å². The molecule has 0 saturated heterocycles. The molecule has 0 atom stereocenters. The number of rotatable bonds is 3. The predicted molar refractivity (Wildman–Crippen MR) is 68.7 cm³/mol. The summed E-state index contributed by atoms with van der Waals surface area (Å²) < 4.78 is 0. The van der Waals surface area contributed by atoms with Crippen LogP contribution in [0.1, 0.15) is 0 Å². The minimum absolute atomic E-state index is 0.0465. The normalized spacial score (nSPS) is 10.8. The second-order valence-electron chi connectivity index (χ2n) is 3.80. The predicted octanol–water partition coefficient (Wildman–Crippen LogP) is 3.13. The van der Waals surface area contributed by atoms with Crippen LogP contribution in [0.3, 0.4) is 0 Å². The Morgan fingerprint density at radius 1 is 0.900 bits per heavy atom. The fourth-order valence-electron chi connectivity index (χ4n) is 1.45. The maximum absolute atomic E-state index is 10.8. The molecule has 8 heteroatoms. The lowest BCUT2D eigenvalue weighted by molar-refractivity contribution is -0.384. The van der Waals surface area contributed by atoms with Crippen LogP contribution >= 0.6 is 0 Å². The van der Waals surface area contributed by atoms with Crippen LogP contribution in [-0.4, -0.2) is 20.2 Å². The molecule has 2 rings (SSSR count). The Labute approximate surface area is 112 Å². The number of azo groups is 1. The summed E-state index contributed by atoms with van der Waals surface area (Å²) in [5.41, 5.74) is -0.433. The average Bonchev–Trinajstić information content (AvgIpc) is 2.38. The number of hydrogen-bond donors (Lipinski definition) is 3. The number of phenolic OH excluding ortho intramolecular Hbond substituents is 3. The first-order chi connectivity index (χ1) is 9.47. The molecule has 0 bridgehead atoms. The third-order valence-electron chi connectivity index (χ3n) is 2.38. The van der Waals surface area contributed by atoms with Crippen molar-refractivity contribution >= 4 is 17.1 Å². The first kappa shape index (κ1) is 13.3. The van der Waals surface area contributed by atoms with Gasteiger partial charge in [-0.05, 0) is 24.3 Å². The standard InChI is InChI=1S/C12H9N3O5/c16-7-1-3-9(11(5-7)15(19)20)13-14-10-4-2-8(17)6-12(10)18/h1-6,16-18H. The van der Waals surface area contributed by atoms with E-state index >= 15 is 0 Å². The van der Waals surface area contributed by atoms with Gasteiger partial charge in [-0.1, -0.05) is 0 Å². The topological polar surface area (TPSA) is 129 Å². The zero-order valence-corrected chi connectivity index (χ0v) is 9.96. The molecule has 2 aromatic carbocycles. The Morgan fingerprint density at radius 3 is 2.05 bits per heavy atom. The molecule has 2 aromatic rings.